The van der Waals surface area contributed by atoms with E-state index < -0.39 is 0 Å². The molecule has 0 radical (unpaired) electrons. The van der Waals surface area contributed by atoms with Crippen molar-refractivity contribution in [2.75, 3.05) is 23.4 Å². The first-order valence-electron chi connectivity index (χ1n) is 7.76. The van der Waals surface area contributed by atoms with Gasteiger partial charge in [-0.15, -0.1) is 0 Å². The van der Waals surface area contributed by atoms with Crippen molar-refractivity contribution in [3.8, 4) is 0 Å². The zero-order chi connectivity index (χ0) is 15.8. The number of hydrogen-bond acceptors (Lipinski definition) is 3. The van der Waals surface area contributed by atoms with Crippen LogP contribution in [0, 0.1) is 11.7 Å². The van der Waals surface area contributed by atoms with Crippen LogP contribution in [0.4, 0.5) is 15.8 Å². The van der Waals surface area contributed by atoms with Crippen LogP contribution in [-0.4, -0.2) is 25.3 Å². The normalized spacial score (nSPS) is 23.5. The van der Waals surface area contributed by atoms with Gasteiger partial charge in [-0.2, -0.15) is 0 Å². The molecule has 1 saturated heterocycles. The number of hydrogen-bond donors (Lipinski definition) is 1. The van der Waals surface area contributed by atoms with E-state index in [-0.39, 0.29) is 23.8 Å². The van der Waals surface area contributed by atoms with E-state index in [2.05, 4.69) is 5.32 Å². The Kier molecular flexibility index (Phi) is 3.50. The molecule has 0 aromatic heterocycles. The summed E-state index contributed by atoms with van der Waals surface area (Å²) in [6, 6.07) is 13.5. The van der Waals surface area contributed by atoms with Gasteiger partial charge in [0.2, 0.25) is 0 Å². The number of nitrogens with one attached hydrogen (secondary N) is 1. The van der Waals surface area contributed by atoms with Crippen molar-refractivity contribution in [2.24, 2.45) is 5.92 Å². The topological polar surface area (TPSA) is 41.6 Å². The molecule has 2 aromatic carbocycles. The first kappa shape index (κ1) is 14.2. The van der Waals surface area contributed by atoms with Crippen molar-refractivity contribution in [3.63, 3.8) is 0 Å². The molecule has 1 N–H and O–H groups in total. The van der Waals surface area contributed by atoms with Crippen molar-refractivity contribution < 1.29 is 13.9 Å². The molecule has 1 amide bonds. The zero-order valence-electron chi connectivity index (χ0n) is 12.5. The quantitative estimate of drug-likeness (QED) is 0.925. The van der Waals surface area contributed by atoms with E-state index in [0.717, 1.165) is 12.1 Å². The Bertz CT molecular complexity index is 726. The van der Waals surface area contributed by atoms with Crippen LogP contribution in [0.15, 0.2) is 48.5 Å². The summed E-state index contributed by atoms with van der Waals surface area (Å²) in [4.78, 5) is 14.7. The smallest absolute Gasteiger partial charge is 0.262 e. The number of amides is 1. The highest BCUT2D eigenvalue weighted by Crippen LogP contribution is 2.34. The van der Waals surface area contributed by atoms with Gasteiger partial charge in [-0.1, -0.05) is 12.1 Å². The maximum absolute atomic E-state index is 13.2. The van der Waals surface area contributed by atoms with Crippen molar-refractivity contribution in [2.45, 2.75) is 12.6 Å². The Hall–Kier alpha value is -2.40. The lowest BCUT2D eigenvalue weighted by molar-refractivity contribution is 0.0963. The van der Waals surface area contributed by atoms with E-state index in [0.29, 0.717) is 24.5 Å². The van der Waals surface area contributed by atoms with Crippen LogP contribution < -0.4 is 10.2 Å². The lowest BCUT2D eigenvalue weighted by Gasteiger charge is -2.40. The third-order valence-corrected chi connectivity index (χ3v) is 4.47. The Balaban J connectivity index is 1.78. The minimum absolute atomic E-state index is 0.0668. The fourth-order valence-corrected chi connectivity index (χ4v) is 3.29. The van der Waals surface area contributed by atoms with Gasteiger partial charge in [-0.25, -0.2) is 4.39 Å². The first-order valence-corrected chi connectivity index (χ1v) is 7.76. The van der Waals surface area contributed by atoms with Crippen molar-refractivity contribution in [1.82, 2.24) is 0 Å². The molecule has 2 aliphatic rings. The molecule has 0 bridgehead atoms. The molecule has 23 heavy (non-hydrogen) atoms. The molecule has 2 aliphatic heterocycles. The molecule has 5 heteroatoms. The van der Waals surface area contributed by atoms with Crippen LogP contribution in [-0.2, 0) is 4.74 Å². The number of para-hydroxylation sites is 1. The van der Waals surface area contributed by atoms with E-state index in [1.165, 1.54) is 12.1 Å². The summed E-state index contributed by atoms with van der Waals surface area (Å²) in [5.74, 6) is -0.174. The van der Waals surface area contributed by atoms with Gasteiger partial charge >= 0.3 is 0 Å². The number of halogens is 1. The minimum Gasteiger partial charge on any atom is -0.381 e. The molecule has 0 aliphatic carbocycles. The molecule has 1 fully saturated rings. The van der Waals surface area contributed by atoms with Gasteiger partial charge < -0.3 is 10.1 Å². The molecule has 2 heterocycles. The summed E-state index contributed by atoms with van der Waals surface area (Å²) in [5, 5.41) is 3.46. The molecule has 0 saturated carbocycles. The van der Waals surface area contributed by atoms with Crippen LogP contribution in [0.1, 0.15) is 16.8 Å². The summed E-state index contributed by atoms with van der Waals surface area (Å²) in [6.45, 7) is 1.32. The number of benzene rings is 2. The summed E-state index contributed by atoms with van der Waals surface area (Å²) >= 11 is 0. The van der Waals surface area contributed by atoms with E-state index in [4.69, 9.17) is 4.74 Å². The van der Waals surface area contributed by atoms with Gasteiger partial charge in [0.05, 0.1) is 12.2 Å². The number of carbonyl (C=O) groups excluding carboxylic acids is 1. The largest absolute Gasteiger partial charge is 0.381 e. The fraction of sp³-hybridized carbons (Fsp3) is 0.278. The SMILES string of the molecule is O=C1c2ccccc2N[C@@H]([C@H]2CCOC2)N1c1ccc(F)cc1. The number of anilines is 2. The zero-order valence-corrected chi connectivity index (χ0v) is 12.5. The number of ether oxygens (including phenoxy) is 1. The lowest BCUT2D eigenvalue weighted by Crippen LogP contribution is -2.53. The summed E-state index contributed by atoms with van der Waals surface area (Å²) in [7, 11) is 0. The van der Waals surface area contributed by atoms with Gasteiger partial charge in [0, 0.05) is 23.9 Å². The van der Waals surface area contributed by atoms with Crippen LogP contribution in [0.5, 0.6) is 0 Å². The van der Waals surface area contributed by atoms with Crippen molar-refractivity contribution in [1.29, 1.82) is 0 Å². The van der Waals surface area contributed by atoms with Crippen LogP contribution >= 0.6 is 0 Å². The Labute approximate surface area is 133 Å². The third kappa shape index (κ3) is 2.47. The molecule has 0 spiro atoms. The monoisotopic (exact) mass is 312 g/mol. The van der Waals surface area contributed by atoms with Crippen molar-refractivity contribution in [3.05, 3.63) is 59.9 Å². The van der Waals surface area contributed by atoms with Crippen LogP contribution in [0.25, 0.3) is 0 Å². The second-order valence-electron chi connectivity index (χ2n) is 5.91. The number of nitrogens with zero attached hydrogens (tertiary/aromatic N) is 1. The average molecular weight is 312 g/mol. The average Bonchev–Trinajstić information content (AvgIpc) is 3.10. The molecule has 4 nitrogen and oxygen atoms in total. The highest BCUT2D eigenvalue weighted by molar-refractivity contribution is 6.12. The molecular weight excluding hydrogens is 295 g/mol. The molecule has 2 atom stereocenters. The fourth-order valence-electron chi connectivity index (χ4n) is 3.29. The van der Waals surface area contributed by atoms with Gasteiger partial charge in [0.25, 0.3) is 5.91 Å². The van der Waals surface area contributed by atoms with Gasteiger partial charge in [0.15, 0.2) is 0 Å². The predicted octanol–water partition coefficient (Wildman–Crippen LogP) is 3.26. The van der Waals surface area contributed by atoms with Gasteiger partial charge in [0.1, 0.15) is 12.0 Å². The second-order valence-corrected chi connectivity index (χ2v) is 5.91. The standard InChI is InChI=1S/C18H17FN2O2/c19-13-5-7-14(8-6-13)21-17(12-9-10-23-11-12)20-16-4-2-1-3-15(16)18(21)22/h1-8,12,17,20H,9-11H2/t12-,17+/m0/s1. The Morgan fingerprint density at radius 3 is 2.65 bits per heavy atom. The molecule has 118 valence electrons. The number of fused-ring (bicyclic) bond motifs is 1. The second kappa shape index (κ2) is 5.66. The molecule has 4 rings (SSSR count). The van der Waals surface area contributed by atoms with E-state index in [1.807, 2.05) is 24.3 Å². The summed E-state index contributed by atoms with van der Waals surface area (Å²) in [5.41, 5.74) is 2.16. The van der Waals surface area contributed by atoms with E-state index in [9.17, 15) is 9.18 Å². The van der Waals surface area contributed by atoms with E-state index >= 15 is 0 Å². The highest BCUT2D eigenvalue weighted by Gasteiger charge is 2.38. The van der Waals surface area contributed by atoms with E-state index in [1.54, 1.807) is 17.0 Å². The molecule has 2 aromatic rings. The third-order valence-electron chi connectivity index (χ3n) is 4.47. The number of carbonyl (C=O) groups is 1. The maximum atomic E-state index is 13.2. The molecular formula is C18H17FN2O2. The summed E-state index contributed by atoms with van der Waals surface area (Å²) in [6.07, 6.45) is 0.704. The Morgan fingerprint density at radius 2 is 1.91 bits per heavy atom. The first-order chi connectivity index (χ1) is 11.2. The minimum atomic E-state index is -0.313. The van der Waals surface area contributed by atoms with Crippen LogP contribution in [0.3, 0.4) is 0 Å². The van der Waals surface area contributed by atoms with Gasteiger partial charge in [-0.05, 0) is 42.8 Å². The van der Waals surface area contributed by atoms with Crippen molar-refractivity contribution >= 4 is 17.3 Å². The van der Waals surface area contributed by atoms with Crippen LogP contribution in [0.2, 0.25) is 0 Å². The lowest BCUT2D eigenvalue weighted by atomic mass is 9.98. The highest BCUT2D eigenvalue weighted by atomic mass is 19.1. The summed E-state index contributed by atoms with van der Waals surface area (Å²) < 4.78 is 18.7. The molecule has 0 unspecified atom stereocenters. The predicted molar refractivity (Wildman–Crippen MR) is 86.0 cm³/mol. The van der Waals surface area contributed by atoms with Gasteiger partial charge in [-0.3, -0.25) is 9.69 Å². The maximum Gasteiger partial charge on any atom is 0.262 e. The number of rotatable bonds is 2. The Morgan fingerprint density at radius 1 is 1.13 bits per heavy atom.